The van der Waals surface area contributed by atoms with E-state index in [0.717, 1.165) is 0 Å². The van der Waals surface area contributed by atoms with Crippen molar-refractivity contribution >= 4 is 5.97 Å². The molecule has 0 amide bonds. The van der Waals surface area contributed by atoms with E-state index in [9.17, 15) is 9.18 Å². The minimum Gasteiger partial charge on any atom is -0.481 e. The lowest BCUT2D eigenvalue weighted by Gasteiger charge is -2.12. The van der Waals surface area contributed by atoms with Crippen LogP contribution in [0, 0.1) is 5.82 Å². The van der Waals surface area contributed by atoms with Gasteiger partial charge in [0.05, 0.1) is 5.92 Å². The zero-order valence-electron chi connectivity index (χ0n) is 9.86. The van der Waals surface area contributed by atoms with Gasteiger partial charge < -0.3 is 9.84 Å². The first-order chi connectivity index (χ1) is 8.15. The van der Waals surface area contributed by atoms with Gasteiger partial charge in [0.15, 0.2) is 0 Å². The number of benzene rings is 1. The fraction of sp³-hybridized carbons (Fsp3) is 0.462. The molecule has 3 nitrogen and oxygen atoms in total. The van der Waals surface area contributed by atoms with Crippen molar-refractivity contribution in [3.8, 4) is 0 Å². The number of carbonyl (C=O) groups is 1. The molecule has 0 saturated carbocycles. The number of ether oxygens (including phenoxy) is 1. The zero-order valence-corrected chi connectivity index (χ0v) is 9.86. The average Bonchev–Trinajstić information content (AvgIpc) is 2.28. The first kappa shape index (κ1) is 13.6. The fourth-order valence-corrected chi connectivity index (χ4v) is 1.69. The van der Waals surface area contributed by atoms with Gasteiger partial charge in [-0.3, -0.25) is 4.79 Å². The van der Waals surface area contributed by atoms with Crippen molar-refractivity contribution in [3.05, 3.63) is 35.6 Å². The summed E-state index contributed by atoms with van der Waals surface area (Å²) in [6.07, 6.45) is 1.11. The van der Waals surface area contributed by atoms with Crippen molar-refractivity contribution in [1.82, 2.24) is 0 Å². The van der Waals surface area contributed by atoms with Crippen LogP contribution in [-0.2, 0) is 9.53 Å². The van der Waals surface area contributed by atoms with Crippen LogP contribution in [0.2, 0.25) is 0 Å². The molecule has 0 aliphatic heterocycles. The van der Waals surface area contributed by atoms with Gasteiger partial charge in [-0.1, -0.05) is 12.1 Å². The van der Waals surface area contributed by atoms with E-state index < -0.39 is 17.7 Å². The highest BCUT2D eigenvalue weighted by atomic mass is 19.1. The molecule has 17 heavy (non-hydrogen) atoms. The van der Waals surface area contributed by atoms with Crippen molar-refractivity contribution in [2.45, 2.75) is 25.7 Å². The molecule has 1 aromatic rings. The molecule has 0 radical (unpaired) electrons. The summed E-state index contributed by atoms with van der Waals surface area (Å²) in [6, 6.07) is 5.76. The Morgan fingerprint density at radius 3 is 2.88 bits per heavy atom. The maximum absolute atomic E-state index is 13.0. The third-order valence-electron chi connectivity index (χ3n) is 2.53. The topological polar surface area (TPSA) is 46.5 Å². The molecule has 0 bridgehead atoms. The molecule has 1 atom stereocenters. The Balaban J connectivity index is 2.63. The lowest BCUT2D eigenvalue weighted by atomic mass is 9.94. The Kier molecular flexibility index (Phi) is 5.63. The van der Waals surface area contributed by atoms with Crippen LogP contribution in [0.25, 0.3) is 0 Å². The van der Waals surface area contributed by atoms with E-state index >= 15 is 0 Å². The summed E-state index contributed by atoms with van der Waals surface area (Å²) in [6.45, 7) is 3.05. The molecule has 0 saturated heterocycles. The Morgan fingerprint density at radius 1 is 1.53 bits per heavy atom. The van der Waals surface area contributed by atoms with Crippen LogP contribution in [0.1, 0.15) is 31.2 Å². The number of aliphatic carboxylic acids is 1. The van der Waals surface area contributed by atoms with Crippen molar-refractivity contribution in [3.63, 3.8) is 0 Å². The van der Waals surface area contributed by atoms with Gasteiger partial charge in [-0.25, -0.2) is 4.39 Å². The maximum Gasteiger partial charge on any atom is 0.310 e. The van der Waals surface area contributed by atoms with Crippen molar-refractivity contribution in [2.24, 2.45) is 0 Å². The predicted molar refractivity (Wildman–Crippen MR) is 62.5 cm³/mol. The molecule has 0 heterocycles. The SMILES string of the molecule is CCOCCCC(C(=O)O)c1cccc(F)c1. The molecule has 1 rings (SSSR count). The van der Waals surface area contributed by atoms with Gasteiger partial charge in [-0.05, 0) is 37.5 Å². The van der Waals surface area contributed by atoms with E-state index in [2.05, 4.69) is 0 Å². The monoisotopic (exact) mass is 240 g/mol. The molecular weight excluding hydrogens is 223 g/mol. The third kappa shape index (κ3) is 4.53. The summed E-state index contributed by atoms with van der Waals surface area (Å²) < 4.78 is 18.2. The number of rotatable bonds is 7. The number of hydrogen-bond acceptors (Lipinski definition) is 2. The normalized spacial score (nSPS) is 12.4. The molecule has 94 valence electrons. The van der Waals surface area contributed by atoms with Crippen LogP contribution in [-0.4, -0.2) is 24.3 Å². The van der Waals surface area contributed by atoms with Gasteiger partial charge in [0.25, 0.3) is 0 Å². The molecular formula is C13H17FO3. The number of carboxylic acids is 1. The van der Waals surface area contributed by atoms with Gasteiger partial charge in [0.2, 0.25) is 0 Å². The molecule has 1 aromatic carbocycles. The average molecular weight is 240 g/mol. The largest absolute Gasteiger partial charge is 0.481 e. The molecule has 1 unspecified atom stereocenters. The highest BCUT2D eigenvalue weighted by molar-refractivity contribution is 5.75. The van der Waals surface area contributed by atoms with Crippen LogP contribution in [0.15, 0.2) is 24.3 Å². The van der Waals surface area contributed by atoms with Gasteiger partial charge in [0, 0.05) is 13.2 Å². The zero-order chi connectivity index (χ0) is 12.7. The smallest absolute Gasteiger partial charge is 0.310 e. The molecule has 0 aliphatic carbocycles. The van der Waals surface area contributed by atoms with Crippen LogP contribution in [0.5, 0.6) is 0 Å². The van der Waals surface area contributed by atoms with E-state index in [1.807, 2.05) is 6.92 Å². The first-order valence-corrected chi connectivity index (χ1v) is 5.71. The summed E-state index contributed by atoms with van der Waals surface area (Å²) in [7, 11) is 0. The van der Waals surface area contributed by atoms with Gasteiger partial charge >= 0.3 is 5.97 Å². The number of halogens is 1. The number of hydrogen-bond donors (Lipinski definition) is 1. The summed E-state index contributed by atoms with van der Waals surface area (Å²) >= 11 is 0. The summed E-state index contributed by atoms with van der Waals surface area (Å²) in [4.78, 5) is 11.1. The van der Waals surface area contributed by atoms with Gasteiger partial charge in [-0.2, -0.15) is 0 Å². The van der Waals surface area contributed by atoms with E-state index in [1.54, 1.807) is 6.07 Å². The highest BCUT2D eigenvalue weighted by Gasteiger charge is 2.19. The highest BCUT2D eigenvalue weighted by Crippen LogP contribution is 2.22. The standard InChI is InChI=1S/C13H17FO3/c1-2-17-8-4-7-12(13(15)16)10-5-3-6-11(14)9-10/h3,5-6,9,12H,2,4,7-8H2,1H3,(H,15,16). The van der Waals surface area contributed by atoms with E-state index in [-0.39, 0.29) is 0 Å². The van der Waals surface area contributed by atoms with Crippen LogP contribution >= 0.6 is 0 Å². The van der Waals surface area contributed by atoms with Crippen molar-refractivity contribution < 1.29 is 19.0 Å². The first-order valence-electron chi connectivity index (χ1n) is 5.71. The lowest BCUT2D eigenvalue weighted by molar-refractivity contribution is -0.139. The summed E-state index contributed by atoms with van der Waals surface area (Å²) in [5.74, 6) is -1.99. The van der Waals surface area contributed by atoms with Crippen LogP contribution < -0.4 is 0 Å². The van der Waals surface area contributed by atoms with Gasteiger partial charge in [-0.15, -0.1) is 0 Å². The Morgan fingerprint density at radius 2 is 2.29 bits per heavy atom. The third-order valence-corrected chi connectivity index (χ3v) is 2.53. The second-order valence-electron chi connectivity index (χ2n) is 3.78. The Hall–Kier alpha value is -1.42. The molecule has 0 fully saturated rings. The Labute approximate surface area is 100 Å². The molecule has 0 aromatic heterocycles. The lowest BCUT2D eigenvalue weighted by Crippen LogP contribution is -2.12. The van der Waals surface area contributed by atoms with Crippen LogP contribution in [0.3, 0.4) is 0 Å². The predicted octanol–water partition coefficient (Wildman–Crippen LogP) is 2.81. The molecule has 1 N–H and O–H groups in total. The van der Waals surface area contributed by atoms with Gasteiger partial charge in [0.1, 0.15) is 5.82 Å². The van der Waals surface area contributed by atoms with E-state index in [0.29, 0.717) is 31.6 Å². The minimum absolute atomic E-state index is 0.404. The fourth-order valence-electron chi connectivity index (χ4n) is 1.69. The summed E-state index contributed by atoms with van der Waals surface area (Å²) in [5, 5.41) is 9.11. The molecule has 4 heteroatoms. The minimum atomic E-state index is -0.924. The number of carboxylic acid groups (broad SMARTS) is 1. The summed E-state index contributed by atoms with van der Waals surface area (Å²) in [5.41, 5.74) is 0.508. The second kappa shape index (κ2) is 7.01. The molecule has 0 spiro atoms. The van der Waals surface area contributed by atoms with E-state index in [4.69, 9.17) is 9.84 Å². The van der Waals surface area contributed by atoms with E-state index in [1.165, 1.54) is 18.2 Å². The second-order valence-corrected chi connectivity index (χ2v) is 3.78. The molecule has 0 aliphatic rings. The Bertz CT molecular complexity index is 365. The quantitative estimate of drug-likeness (QED) is 0.745. The maximum atomic E-state index is 13.0. The van der Waals surface area contributed by atoms with Crippen molar-refractivity contribution in [1.29, 1.82) is 0 Å². The van der Waals surface area contributed by atoms with Crippen molar-refractivity contribution in [2.75, 3.05) is 13.2 Å². The van der Waals surface area contributed by atoms with Crippen LogP contribution in [0.4, 0.5) is 4.39 Å².